The van der Waals surface area contributed by atoms with Crippen LogP contribution in [0.5, 0.6) is 0 Å². The zero-order valence-electron chi connectivity index (χ0n) is 9.08. The number of halogens is 1. The van der Waals surface area contributed by atoms with Crippen LogP contribution in [0.2, 0.25) is 0 Å². The molecule has 1 aliphatic rings. The van der Waals surface area contributed by atoms with Crippen LogP contribution in [0.1, 0.15) is 32.1 Å². The summed E-state index contributed by atoms with van der Waals surface area (Å²) in [5.41, 5.74) is 0. The maximum absolute atomic E-state index is 9.41. The van der Waals surface area contributed by atoms with Gasteiger partial charge in [-0.3, -0.25) is 0 Å². The van der Waals surface area contributed by atoms with E-state index in [2.05, 4.69) is 28.1 Å². The molecule has 1 fully saturated rings. The maximum atomic E-state index is 9.41. The minimum atomic E-state index is -0.192. The van der Waals surface area contributed by atoms with E-state index in [1.54, 1.807) is 11.8 Å². The van der Waals surface area contributed by atoms with Crippen molar-refractivity contribution in [1.82, 2.24) is 0 Å². The fourth-order valence-corrected chi connectivity index (χ4v) is 3.90. The van der Waals surface area contributed by atoms with Crippen molar-refractivity contribution in [2.45, 2.75) is 41.7 Å². The Bertz CT molecular complexity index is 405. The normalized spacial score (nSPS) is 19.0. The van der Waals surface area contributed by atoms with Crippen LogP contribution in [0.25, 0.3) is 0 Å². The van der Waals surface area contributed by atoms with E-state index >= 15 is 0 Å². The summed E-state index contributed by atoms with van der Waals surface area (Å²) < 4.78 is 0.905. The van der Waals surface area contributed by atoms with Crippen LogP contribution in [-0.4, -0.2) is 4.75 Å². The number of hydrogen-bond donors (Lipinski definition) is 0. The first-order chi connectivity index (χ1) is 7.76. The molecule has 0 heterocycles. The SMILES string of the molecule is N#CC1(Sc2ccccc2Br)CCCCC1. The van der Waals surface area contributed by atoms with Crippen LogP contribution in [-0.2, 0) is 0 Å². The monoisotopic (exact) mass is 295 g/mol. The lowest BCUT2D eigenvalue weighted by Crippen LogP contribution is -2.25. The third-order valence-corrected chi connectivity index (χ3v) is 5.43. The molecule has 3 heteroatoms. The standard InChI is InChI=1S/C13H14BrNS/c14-11-6-2-3-7-12(11)16-13(10-15)8-4-1-5-9-13/h2-3,6-7H,1,4-5,8-9H2. The molecule has 16 heavy (non-hydrogen) atoms. The zero-order valence-corrected chi connectivity index (χ0v) is 11.5. The molecular weight excluding hydrogens is 282 g/mol. The number of rotatable bonds is 2. The largest absolute Gasteiger partial charge is 0.197 e. The smallest absolute Gasteiger partial charge is 0.107 e. The molecule has 0 atom stereocenters. The van der Waals surface area contributed by atoms with Gasteiger partial charge in [0, 0.05) is 9.37 Å². The predicted molar refractivity (Wildman–Crippen MR) is 71.4 cm³/mol. The Kier molecular flexibility index (Phi) is 3.94. The Hall–Kier alpha value is -0.460. The summed E-state index contributed by atoms with van der Waals surface area (Å²) in [6.07, 6.45) is 5.70. The predicted octanol–water partition coefficient (Wildman–Crippen LogP) is 4.77. The summed E-state index contributed by atoms with van der Waals surface area (Å²) in [5.74, 6) is 0. The highest BCUT2D eigenvalue weighted by molar-refractivity contribution is 9.10. The molecule has 0 unspecified atom stereocenters. The second-order valence-corrected chi connectivity index (χ2v) is 6.48. The first-order valence-electron chi connectivity index (χ1n) is 5.61. The van der Waals surface area contributed by atoms with E-state index in [1.807, 2.05) is 18.2 Å². The average molecular weight is 296 g/mol. The average Bonchev–Trinajstić information content (AvgIpc) is 2.33. The first kappa shape index (κ1) is 12.0. The Morgan fingerprint density at radius 1 is 1.19 bits per heavy atom. The second kappa shape index (κ2) is 5.25. The van der Waals surface area contributed by atoms with E-state index in [4.69, 9.17) is 0 Å². The molecule has 0 amide bonds. The summed E-state index contributed by atoms with van der Waals surface area (Å²) in [4.78, 5) is 1.19. The van der Waals surface area contributed by atoms with Gasteiger partial charge >= 0.3 is 0 Å². The van der Waals surface area contributed by atoms with Gasteiger partial charge in [0.05, 0.1) is 6.07 Å². The molecule has 0 saturated heterocycles. The van der Waals surface area contributed by atoms with Crippen molar-refractivity contribution in [3.8, 4) is 6.07 Å². The third kappa shape index (κ3) is 2.61. The van der Waals surface area contributed by atoms with Gasteiger partial charge in [0.1, 0.15) is 4.75 Å². The molecule has 2 rings (SSSR count). The van der Waals surface area contributed by atoms with Gasteiger partial charge in [-0.05, 0) is 40.9 Å². The van der Waals surface area contributed by atoms with Crippen LogP contribution in [0.3, 0.4) is 0 Å². The van der Waals surface area contributed by atoms with Crippen LogP contribution >= 0.6 is 27.7 Å². The van der Waals surface area contributed by atoms with Crippen LogP contribution < -0.4 is 0 Å². The molecule has 0 bridgehead atoms. The Morgan fingerprint density at radius 3 is 2.50 bits per heavy atom. The van der Waals surface area contributed by atoms with Gasteiger partial charge in [0.25, 0.3) is 0 Å². The van der Waals surface area contributed by atoms with Gasteiger partial charge in [-0.15, -0.1) is 11.8 Å². The van der Waals surface area contributed by atoms with Crippen LogP contribution in [0, 0.1) is 11.3 Å². The van der Waals surface area contributed by atoms with Crippen LogP contribution in [0.4, 0.5) is 0 Å². The van der Waals surface area contributed by atoms with Crippen molar-refractivity contribution < 1.29 is 0 Å². The number of nitrogens with zero attached hydrogens (tertiary/aromatic N) is 1. The first-order valence-corrected chi connectivity index (χ1v) is 7.21. The topological polar surface area (TPSA) is 23.8 Å². The minimum Gasteiger partial charge on any atom is -0.197 e. The van der Waals surface area contributed by atoms with Crippen molar-refractivity contribution in [2.24, 2.45) is 0 Å². The Balaban J connectivity index is 2.19. The fraction of sp³-hybridized carbons (Fsp3) is 0.462. The van der Waals surface area contributed by atoms with Gasteiger partial charge in [0.15, 0.2) is 0 Å². The number of nitriles is 1. The van der Waals surface area contributed by atoms with E-state index < -0.39 is 0 Å². The van der Waals surface area contributed by atoms with Gasteiger partial charge in [-0.1, -0.05) is 31.4 Å². The molecule has 84 valence electrons. The molecule has 1 aromatic rings. The lowest BCUT2D eigenvalue weighted by Gasteiger charge is -2.30. The molecule has 0 spiro atoms. The highest BCUT2D eigenvalue weighted by atomic mass is 79.9. The molecular formula is C13H14BrNS. The van der Waals surface area contributed by atoms with Crippen molar-refractivity contribution in [1.29, 1.82) is 5.26 Å². The molecule has 1 aliphatic carbocycles. The number of thioether (sulfide) groups is 1. The van der Waals surface area contributed by atoms with Gasteiger partial charge in [-0.2, -0.15) is 5.26 Å². The molecule has 0 N–H and O–H groups in total. The Morgan fingerprint density at radius 2 is 1.88 bits per heavy atom. The number of hydrogen-bond acceptors (Lipinski definition) is 2. The molecule has 1 nitrogen and oxygen atoms in total. The van der Waals surface area contributed by atoms with E-state index in [9.17, 15) is 5.26 Å². The lowest BCUT2D eigenvalue weighted by atomic mass is 9.89. The summed E-state index contributed by atoms with van der Waals surface area (Å²) >= 11 is 5.28. The molecule has 0 aliphatic heterocycles. The number of benzene rings is 1. The second-order valence-electron chi connectivity index (χ2n) is 4.20. The van der Waals surface area contributed by atoms with Crippen molar-refractivity contribution in [2.75, 3.05) is 0 Å². The van der Waals surface area contributed by atoms with E-state index in [1.165, 1.54) is 24.2 Å². The minimum absolute atomic E-state index is 0.192. The van der Waals surface area contributed by atoms with Crippen LogP contribution in [0.15, 0.2) is 33.6 Å². The van der Waals surface area contributed by atoms with Gasteiger partial charge in [-0.25, -0.2) is 0 Å². The molecule has 1 aromatic carbocycles. The van der Waals surface area contributed by atoms with Gasteiger partial charge in [0.2, 0.25) is 0 Å². The highest BCUT2D eigenvalue weighted by Crippen LogP contribution is 2.45. The Labute approximate surface area is 109 Å². The summed E-state index contributed by atoms with van der Waals surface area (Å²) in [7, 11) is 0. The molecule has 0 aromatic heterocycles. The molecule has 1 saturated carbocycles. The maximum Gasteiger partial charge on any atom is 0.107 e. The lowest BCUT2D eigenvalue weighted by molar-refractivity contribution is 0.459. The van der Waals surface area contributed by atoms with Crippen molar-refractivity contribution in [3.63, 3.8) is 0 Å². The van der Waals surface area contributed by atoms with Crippen molar-refractivity contribution in [3.05, 3.63) is 28.7 Å². The van der Waals surface area contributed by atoms with E-state index in [0.717, 1.165) is 17.3 Å². The zero-order chi connectivity index (χ0) is 11.4. The molecule has 0 radical (unpaired) electrons. The third-order valence-electron chi connectivity index (χ3n) is 3.01. The fourth-order valence-electron chi connectivity index (χ4n) is 2.10. The van der Waals surface area contributed by atoms with E-state index in [-0.39, 0.29) is 4.75 Å². The van der Waals surface area contributed by atoms with Crippen molar-refractivity contribution >= 4 is 27.7 Å². The van der Waals surface area contributed by atoms with E-state index in [0.29, 0.717) is 0 Å². The summed E-state index contributed by atoms with van der Waals surface area (Å²) in [5, 5.41) is 9.41. The summed E-state index contributed by atoms with van der Waals surface area (Å²) in [6, 6.07) is 10.7. The summed E-state index contributed by atoms with van der Waals surface area (Å²) in [6.45, 7) is 0. The quantitative estimate of drug-likeness (QED) is 0.785. The van der Waals surface area contributed by atoms with Gasteiger partial charge < -0.3 is 0 Å². The highest BCUT2D eigenvalue weighted by Gasteiger charge is 2.33.